The number of carbonyl (C=O) groups excluding carboxylic acids is 2. The van der Waals surface area contributed by atoms with Gasteiger partial charge >= 0.3 is 0 Å². The Hall–Kier alpha value is -3.42. The third-order valence-electron chi connectivity index (χ3n) is 7.71. The smallest absolute Gasteiger partial charge is 0.257 e. The summed E-state index contributed by atoms with van der Waals surface area (Å²) in [7, 11) is 5.82. The number of carbonyl (C=O) groups is 2. The van der Waals surface area contributed by atoms with Gasteiger partial charge in [-0.2, -0.15) is 0 Å². The molecule has 2 saturated heterocycles. The first-order valence-corrected chi connectivity index (χ1v) is 15.7. The first-order chi connectivity index (χ1) is 20.1. The number of thiazole rings is 1. The van der Waals surface area contributed by atoms with E-state index in [2.05, 4.69) is 44.2 Å². The Morgan fingerprint density at radius 1 is 1.07 bits per heavy atom. The zero-order chi connectivity index (χ0) is 30.0. The molecule has 1 N–H and O–H groups in total. The summed E-state index contributed by atoms with van der Waals surface area (Å²) < 4.78 is 6.57. The van der Waals surface area contributed by atoms with Gasteiger partial charge in [0.05, 0.1) is 23.1 Å². The van der Waals surface area contributed by atoms with Crippen LogP contribution in [0.1, 0.15) is 35.1 Å². The van der Waals surface area contributed by atoms with Crippen molar-refractivity contribution >= 4 is 51.7 Å². The van der Waals surface area contributed by atoms with Gasteiger partial charge in [0.2, 0.25) is 5.91 Å². The van der Waals surface area contributed by atoms with Crippen molar-refractivity contribution < 1.29 is 14.3 Å². The SMILES string of the molecule is COc1cc(C)c(Sc2cnc(Nc3cc(N4CCC(N(C)C)C4)nc(C)n3)s2)cc1C(=O)N1CCN(C(C)=O)CC1. The molecule has 1 unspecified atom stereocenters. The van der Waals surface area contributed by atoms with Crippen LogP contribution in [0.15, 0.2) is 33.5 Å². The van der Waals surface area contributed by atoms with Gasteiger partial charge in [-0.3, -0.25) is 9.59 Å². The van der Waals surface area contributed by atoms with Crippen LogP contribution in [0.4, 0.5) is 16.8 Å². The van der Waals surface area contributed by atoms with Crippen molar-refractivity contribution in [2.75, 3.05) is 70.7 Å². The Morgan fingerprint density at radius 3 is 2.48 bits per heavy atom. The molecule has 0 aliphatic carbocycles. The van der Waals surface area contributed by atoms with Gasteiger partial charge in [-0.15, -0.1) is 0 Å². The lowest BCUT2D eigenvalue weighted by atomic mass is 10.1. The van der Waals surface area contributed by atoms with E-state index in [1.54, 1.807) is 35.6 Å². The van der Waals surface area contributed by atoms with Crippen LogP contribution in [-0.2, 0) is 4.79 Å². The van der Waals surface area contributed by atoms with E-state index in [9.17, 15) is 9.59 Å². The lowest BCUT2D eigenvalue weighted by Crippen LogP contribution is -2.50. The van der Waals surface area contributed by atoms with Crippen LogP contribution in [-0.4, -0.2) is 108 Å². The Balaban J connectivity index is 1.29. The Kier molecular flexibility index (Phi) is 9.19. The van der Waals surface area contributed by atoms with Crippen molar-refractivity contribution in [2.45, 2.75) is 42.3 Å². The highest BCUT2D eigenvalue weighted by Gasteiger charge is 2.27. The molecule has 42 heavy (non-hydrogen) atoms. The van der Waals surface area contributed by atoms with E-state index in [4.69, 9.17) is 4.74 Å². The number of aryl methyl sites for hydroxylation is 2. The number of benzene rings is 1. The van der Waals surface area contributed by atoms with Crippen LogP contribution in [0.2, 0.25) is 0 Å². The lowest BCUT2D eigenvalue weighted by Gasteiger charge is -2.34. The number of likely N-dealkylation sites (N-methyl/N-ethyl adjacent to an activating group) is 1. The number of aromatic nitrogens is 3. The summed E-state index contributed by atoms with van der Waals surface area (Å²) in [5, 5.41) is 4.10. The molecular formula is C29H38N8O3S2. The normalized spacial score (nSPS) is 17.2. The van der Waals surface area contributed by atoms with Gasteiger partial charge in [-0.1, -0.05) is 23.1 Å². The van der Waals surface area contributed by atoms with E-state index in [-0.39, 0.29) is 11.8 Å². The Bertz CT molecular complexity index is 1450. The molecule has 5 rings (SSSR count). The minimum Gasteiger partial charge on any atom is -0.496 e. The predicted octanol–water partition coefficient (Wildman–Crippen LogP) is 3.90. The molecule has 11 nitrogen and oxygen atoms in total. The average molecular weight is 611 g/mol. The third-order valence-corrected chi connectivity index (χ3v) is 9.89. The van der Waals surface area contributed by atoms with Gasteiger partial charge in [0.15, 0.2) is 5.13 Å². The summed E-state index contributed by atoms with van der Waals surface area (Å²) in [6, 6.07) is 6.32. The fraction of sp³-hybridized carbons (Fsp3) is 0.483. The second-order valence-corrected chi connectivity index (χ2v) is 13.2. The molecule has 13 heteroatoms. The van der Waals surface area contributed by atoms with Gasteiger partial charge < -0.3 is 29.7 Å². The van der Waals surface area contributed by atoms with Crippen molar-refractivity contribution in [1.29, 1.82) is 0 Å². The minimum absolute atomic E-state index is 0.0344. The van der Waals surface area contributed by atoms with E-state index < -0.39 is 0 Å². The van der Waals surface area contributed by atoms with Crippen LogP contribution < -0.4 is 15.0 Å². The molecular weight excluding hydrogens is 573 g/mol. The number of anilines is 3. The van der Waals surface area contributed by atoms with E-state index in [0.717, 1.165) is 50.9 Å². The van der Waals surface area contributed by atoms with Crippen molar-refractivity contribution in [3.8, 4) is 5.75 Å². The highest BCUT2D eigenvalue weighted by Crippen LogP contribution is 2.39. The molecule has 1 aromatic carbocycles. The summed E-state index contributed by atoms with van der Waals surface area (Å²) in [5.74, 6) is 2.85. The molecule has 224 valence electrons. The number of nitrogens with one attached hydrogen (secondary N) is 1. The van der Waals surface area contributed by atoms with E-state index >= 15 is 0 Å². The van der Waals surface area contributed by atoms with Gasteiger partial charge in [0.25, 0.3) is 5.91 Å². The van der Waals surface area contributed by atoms with E-state index in [1.807, 2.05) is 38.2 Å². The first-order valence-electron chi connectivity index (χ1n) is 14.0. The number of methoxy groups -OCH3 is 1. The Labute approximate surface area is 255 Å². The number of rotatable bonds is 8. The zero-order valence-electron chi connectivity index (χ0n) is 25.0. The van der Waals surface area contributed by atoms with Crippen molar-refractivity contribution in [3.05, 3.63) is 41.3 Å². The average Bonchev–Trinajstić information content (AvgIpc) is 3.63. The molecule has 0 spiro atoms. The third kappa shape index (κ3) is 6.79. The van der Waals surface area contributed by atoms with Crippen LogP contribution >= 0.6 is 23.1 Å². The van der Waals surface area contributed by atoms with E-state index in [0.29, 0.717) is 49.4 Å². The van der Waals surface area contributed by atoms with Crippen LogP contribution in [0.25, 0.3) is 0 Å². The number of amides is 2. The summed E-state index contributed by atoms with van der Waals surface area (Å²) in [6.07, 6.45) is 2.95. The zero-order valence-corrected chi connectivity index (χ0v) is 26.6. The molecule has 0 radical (unpaired) electrons. The lowest BCUT2D eigenvalue weighted by molar-refractivity contribution is -0.130. The number of nitrogens with zero attached hydrogens (tertiary/aromatic N) is 7. The molecule has 2 aliphatic heterocycles. The topological polar surface area (TPSA) is 107 Å². The monoisotopic (exact) mass is 610 g/mol. The van der Waals surface area contributed by atoms with Crippen molar-refractivity contribution in [1.82, 2.24) is 29.7 Å². The van der Waals surface area contributed by atoms with Gasteiger partial charge in [-0.25, -0.2) is 15.0 Å². The highest BCUT2D eigenvalue weighted by molar-refractivity contribution is 8.01. The summed E-state index contributed by atoms with van der Waals surface area (Å²) in [4.78, 5) is 48.1. The van der Waals surface area contributed by atoms with Gasteiger partial charge in [-0.05, 0) is 52.1 Å². The molecule has 2 fully saturated rings. The molecule has 0 saturated carbocycles. The highest BCUT2D eigenvalue weighted by atomic mass is 32.2. The van der Waals surface area contributed by atoms with Crippen LogP contribution in [0.5, 0.6) is 5.75 Å². The Morgan fingerprint density at radius 2 is 1.81 bits per heavy atom. The molecule has 2 aromatic heterocycles. The van der Waals surface area contributed by atoms with Gasteiger partial charge in [0.1, 0.15) is 23.2 Å². The summed E-state index contributed by atoms with van der Waals surface area (Å²) in [5.41, 5.74) is 1.53. The summed E-state index contributed by atoms with van der Waals surface area (Å²) >= 11 is 3.10. The maximum absolute atomic E-state index is 13.5. The molecule has 1 atom stereocenters. The second-order valence-electron chi connectivity index (χ2n) is 10.8. The second kappa shape index (κ2) is 12.8. The van der Waals surface area contributed by atoms with E-state index in [1.165, 1.54) is 11.3 Å². The standard InChI is InChI=1S/C29H38N8O3S2/c1-18-13-23(40-6)22(28(39)36-11-9-35(10-12-36)20(3)38)14-24(18)41-27-16-30-29(42-27)33-25-15-26(32-19(2)31-25)37-8-7-21(17-37)34(4)5/h13-16,21H,7-12,17H2,1-6H3,(H,30,31,32,33). The van der Waals surface area contributed by atoms with Crippen molar-refractivity contribution in [3.63, 3.8) is 0 Å². The molecule has 0 bridgehead atoms. The first kappa shape index (κ1) is 30.1. The van der Waals surface area contributed by atoms with Crippen LogP contribution in [0, 0.1) is 13.8 Å². The number of piperazine rings is 1. The molecule has 2 aliphatic rings. The van der Waals surface area contributed by atoms with Crippen LogP contribution in [0.3, 0.4) is 0 Å². The summed E-state index contributed by atoms with van der Waals surface area (Å²) in [6.45, 7) is 9.47. The predicted molar refractivity (Wildman–Crippen MR) is 166 cm³/mol. The molecule has 2 amide bonds. The minimum atomic E-state index is -0.0894. The van der Waals surface area contributed by atoms with Gasteiger partial charge in [0, 0.05) is 63.2 Å². The number of hydrogen-bond donors (Lipinski definition) is 1. The largest absolute Gasteiger partial charge is 0.496 e. The fourth-order valence-corrected chi connectivity index (χ4v) is 7.18. The number of hydrogen-bond acceptors (Lipinski definition) is 11. The maximum Gasteiger partial charge on any atom is 0.257 e. The number of ether oxygens (including phenoxy) is 1. The quantitative estimate of drug-likeness (QED) is 0.404. The maximum atomic E-state index is 13.5. The van der Waals surface area contributed by atoms with Crippen molar-refractivity contribution in [2.24, 2.45) is 0 Å². The molecule has 4 heterocycles. The molecule has 3 aromatic rings. The fourth-order valence-electron chi connectivity index (χ4n) is 5.23.